The standard InChI is InChI=1S/C21H28N2O3/c1-4-26-16-8-15-22-21(24)20(17-11-13-19(25-3)14-12-17)23(2)18-9-6-5-7-10-18/h5-7,9-14,20H,4,8,15-16H2,1-3H3,(H,22,24). The minimum atomic E-state index is -0.421. The first kappa shape index (κ1) is 19.8. The van der Waals surface area contributed by atoms with E-state index >= 15 is 0 Å². The van der Waals surface area contributed by atoms with Crippen LogP contribution in [0.25, 0.3) is 0 Å². The Bertz CT molecular complexity index is 659. The third kappa shape index (κ3) is 5.49. The molecule has 5 nitrogen and oxygen atoms in total. The average Bonchev–Trinajstić information content (AvgIpc) is 2.69. The lowest BCUT2D eigenvalue weighted by Gasteiger charge is -2.29. The first-order chi connectivity index (χ1) is 12.7. The van der Waals surface area contributed by atoms with Crippen molar-refractivity contribution in [3.05, 3.63) is 60.2 Å². The molecule has 0 aliphatic carbocycles. The van der Waals surface area contributed by atoms with Crippen molar-refractivity contribution in [1.29, 1.82) is 0 Å². The molecule has 2 aromatic carbocycles. The van der Waals surface area contributed by atoms with Crippen LogP contribution in [0.4, 0.5) is 5.69 Å². The van der Waals surface area contributed by atoms with E-state index < -0.39 is 6.04 Å². The van der Waals surface area contributed by atoms with Gasteiger partial charge in [0.1, 0.15) is 11.8 Å². The van der Waals surface area contributed by atoms with E-state index in [4.69, 9.17) is 9.47 Å². The van der Waals surface area contributed by atoms with Gasteiger partial charge in [0, 0.05) is 32.5 Å². The number of nitrogens with zero attached hydrogens (tertiary/aromatic N) is 1. The largest absolute Gasteiger partial charge is 0.497 e. The quantitative estimate of drug-likeness (QED) is 0.663. The molecule has 5 heteroatoms. The van der Waals surface area contributed by atoms with Crippen molar-refractivity contribution in [2.45, 2.75) is 19.4 Å². The molecule has 0 radical (unpaired) electrons. The molecule has 0 aromatic heterocycles. The monoisotopic (exact) mass is 356 g/mol. The van der Waals surface area contributed by atoms with Crippen molar-refractivity contribution in [3.8, 4) is 5.75 Å². The van der Waals surface area contributed by atoms with Gasteiger partial charge < -0.3 is 19.7 Å². The molecule has 0 heterocycles. The number of methoxy groups -OCH3 is 1. The molecule has 2 aromatic rings. The highest BCUT2D eigenvalue weighted by Gasteiger charge is 2.25. The Balaban J connectivity index is 2.16. The summed E-state index contributed by atoms with van der Waals surface area (Å²) in [5.41, 5.74) is 1.90. The Morgan fingerprint density at radius 1 is 1.12 bits per heavy atom. The number of anilines is 1. The van der Waals surface area contributed by atoms with Gasteiger partial charge in [0.15, 0.2) is 0 Å². The fourth-order valence-electron chi connectivity index (χ4n) is 2.78. The summed E-state index contributed by atoms with van der Waals surface area (Å²) in [6, 6.07) is 17.1. The summed E-state index contributed by atoms with van der Waals surface area (Å²) in [5.74, 6) is 0.741. The molecule has 0 bridgehead atoms. The van der Waals surface area contributed by atoms with Crippen LogP contribution >= 0.6 is 0 Å². The molecule has 140 valence electrons. The second kappa shape index (κ2) is 10.5. The van der Waals surface area contributed by atoms with Crippen molar-refractivity contribution < 1.29 is 14.3 Å². The zero-order chi connectivity index (χ0) is 18.8. The van der Waals surface area contributed by atoms with Gasteiger partial charge in [-0.15, -0.1) is 0 Å². The van der Waals surface area contributed by atoms with Crippen molar-refractivity contribution in [2.24, 2.45) is 0 Å². The molecule has 0 aliphatic heterocycles. The second-order valence-corrected chi connectivity index (χ2v) is 5.96. The van der Waals surface area contributed by atoms with Crippen molar-refractivity contribution in [2.75, 3.05) is 38.8 Å². The van der Waals surface area contributed by atoms with Gasteiger partial charge in [-0.3, -0.25) is 4.79 Å². The molecule has 1 amide bonds. The zero-order valence-corrected chi connectivity index (χ0v) is 15.8. The summed E-state index contributed by atoms with van der Waals surface area (Å²) in [6.45, 7) is 3.90. The van der Waals surface area contributed by atoms with Gasteiger partial charge in [-0.25, -0.2) is 0 Å². The van der Waals surface area contributed by atoms with Gasteiger partial charge in [0.05, 0.1) is 7.11 Å². The lowest BCUT2D eigenvalue weighted by molar-refractivity contribution is -0.122. The van der Waals surface area contributed by atoms with E-state index in [0.717, 1.165) is 23.4 Å². The third-order valence-electron chi connectivity index (χ3n) is 4.20. The molecule has 0 spiro atoms. The number of carbonyl (C=O) groups is 1. The van der Waals surface area contributed by atoms with Crippen LogP contribution < -0.4 is 15.0 Å². The molecular formula is C21H28N2O3. The van der Waals surface area contributed by atoms with Gasteiger partial charge in [-0.05, 0) is 43.2 Å². The van der Waals surface area contributed by atoms with E-state index in [-0.39, 0.29) is 5.91 Å². The summed E-state index contributed by atoms with van der Waals surface area (Å²) in [6.07, 6.45) is 0.796. The van der Waals surface area contributed by atoms with Crippen LogP contribution in [0.1, 0.15) is 24.9 Å². The molecule has 1 atom stereocenters. The van der Waals surface area contributed by atoms with E-state index in [1.54, 1.807) is 7.11 Å². The number of amides is 1. The number of hydrogen-bond donors (Lipinski definition) is 1. The second-order valence-electron chi connectivity index (χ2n) is 5.96. The highest BCUT2D eigenvalue weighted by molar-refractivity contribution is 5.86. The summed E-state index contributed by atoms with van der Waals surface area (Å²) in [4.78, 5) is 14.9. The number of carbonyl (C=O) groups excluding carboxylic acids is 1. The van der Waals surface area contributed by atoms with Crippen LogP contribution in [-0.4, -0.2) is 39.8 Å². The maximum absolute atomic E-state index is 12.9. The topological polar surface area (TPSA) is 50.8 Å². The Kier molecular flexibility index (Phi) is 7.96. The Labute approximate surface area is 155 Å². The van der Waals surface area contributed by atoms with Crippen LogP contribution in [0.3, 0.4) is 0 Å². The summed E-state index contributed by atoms with van der Waals surface area (Å²) < 4.78 is 10.6. The molecular weight excluding hydrogens is 328 g/mol. The number of ether oxygens (including phenoxy) is 2. The van der Waals surface area contributed by atoms with E-state index in [1.807, 2.05) is 73.5 Å². The average molecular weight is 356 g/mol. The molecule has 1 N–H and O–H groups in total. The van der Waals surface area contributed by atoms with E-state index in [9.17, 15) is 4.79 Å². The Morgan fingerprint density at radius 2 is 1.81 bits per heavy atom. The predicted molar refractivity (Wildman–Crippen MR) is 105 cm³/mol. The lowest BCUT2D eigenvalue weighted by atomic mass is 10.0. The van der Waals surface area contributed by atoms with Crippen LogP contribution in [-0.2, 0) is 9.53 Å². The van der Waals surface area contributed by atoms with Crippen LogP contribution in [0.2, 0.25) is 0 Å². The van der Waals surface area contributed by atoms with Crippen molar-refractivity contribution in [1.82, 2.24) is 5.32 Å². The number of hydrogen-bond acceptors (Lipinski definition) is 4. The van der Waals surface area contributed by atoms with Crippen LogP contribution in [0.5, 0.6) is 5.75 Å². The molecule has 0 aliphatic rings. The predicted octanol–water partition coefficient (Wildman–Crippen LogP) is 3.42. The van der Waals surface area contributed by atoms with Gasteiger partial charge in [0.2, 0.25) is 5.91 Å². The SMILES string of the molecule is CCOCCCNC(=O)C(c1ccc(OC)cc1)N(C)c1ccccc1. The maximum atomic E-state index is 12.9. The van der Waals surface area contributed by atoms with Gasteiger partial charge in [-0.2, -0.15) is 0 Å². The van der Waals surface area contributed by atoms with E-state index in [2.05, 4.69) is 5.32 Å². The van der Waals surface area contributed by atoms with Crippen LogP contribution in [0, 0.1) is 0 Å². The van der Waals surface area contributed by atoms with E-state index in [1.165, 1.54) is 0 Å². The fourth-order valence-corrected chi connectivity index (χ4v) is 2.78. The molecule has 0 saturated heterocycles. The molecule has 0 saturated carbocycles. The third-order valence-corrected chi connectivity index (χ3v) is 4.20. The highest BCUT2D eigenvalue weighted by Crippen LogP contribution is 2.27. The number of likely N-dealkylation sites (N-methyl/N-ethyl adjacent to an activating group) is 1. The van der Waals surface area contributed by atoms with E-state index in [0.29, 0.717) is 19.8 Å². The summed E-state index contributed by atoms with van der Waals surface area (Å²) in [7, 11) is 3.57. The van der Waals surface area contributed by atoms with Crippen molar-refractivity contribution in [3.63, 3.8) is 0 Å². The number of rotatable bonds is 10. The number of nitrogens with one attached hydrogen (secondary N) is 1. The first-order valence-corrected chi connectivity index (χ1v) is 8.94. The van der Waals surface area contributed by atoms with Crippen molar-refractivity contribution >= 4 is 11.6 Å². The normalized spacial score (nSPS) is 11.7. The van der Waals surface area contributed by atoms with Crippen LogP contribution in [0.15, 0.2) is 54.6 Å². The smallest absolute Gasteiger partial charge is 0.247 e. The fraction of sp³-hybridized carbons (Fsp3) is 0.381. The number of para-hydroxylation sites is 1. The summed E-state index contributed by atoms with van der Waals surface area (Å²) >= 11 is 0. The maximum Gasteiger partial charge on any atom is 0.247 e. The Hall–Kier alpha value is -2.53. The molecule has 2 rings (SSSR count). The minimum Gasteiger partial charge on any atom is -0.497 e. The Morgan fingerprint density at radius 3 is 2.42 bits per heavy atom. The lowest BCUT2D eigenvalue weighted by Crippen LogP contribution is -2.39. The number of benzene rings is 2. The first-order valence-electron chi connectivity index (χ1n) is 8.94. The van der Waals surface area contributed by atoms with Gasteiger partial charge >= 0.3 is 0 Å². The van der Waals surface area contributed by atoms with Gasteiger partial charge in [-0.1, -0.05) is 30.3 Å². The zero-order valence-electron chi connectivity index (χ0n) is 15.8. The van der Waals surface area contributed by atoms with Gasteiger partial charge in [0.25, 0.3) is 0 Å². The highest BCUT2D eigenvalue weighted by atomic mass is 16.5. The summed E-state index contributed by atoms with van der Waals surface area (Å²) in [5, 5.41) is 3.03. The molecule has 0 fully saturated rings. The molecule has 1 unspecified atom stereocenters. The molecule has 26 heavy (non-hydrogen) atoms. The minimum absolute atomic E-state index is 0.0296.